The van der Waals surface area contributed by atoms with Crippen molar-refractivity contribution < 1.29 is 19.1 Å². The number of hydrogen-bond acceptors (Lipinski definition) is 7. The van der Waals surface area contributed by atoms with Gasteiger partial charge in [-0.3, -0.25) is 9.48 Å². The number of aromatic nitrogens is 2. The third kappa shape index (κ3) is 6.49. The van der Waals surface area contributed by atoms with Gasteiger partial charge in [-0.15, -0.1) is 11.3 Å². The quantitative estimate of drug-likeness (QED) is 0.431. The minimum Gasteiger partial charge on any atom is -0.494 e. The first kappa shape index (κ1) is 26.2. The lowest BCUT2D eigenvalue weighted by Crippen LogP contribution is -2.31. The molecule has 2 amide bonds. The number of nitriles is 1. The van der Waals surface area contributed by atoms with Crippen molar-refractivity contribution in [2.24, 2.45) is 7.05 Å². The molecule has 2 aromatic heterocycles. The van der Waals surface area contributed by atoms with E-state index in [4.69, 9.17) is 9.47 Å². The number of rotatable bonds is 9. The first-order valence-corrected chi connectivity index (χ1v) is 13.2. The molecule has 2 heterocycles. The minimum atomic E-state index is -0.477. The molecule has 9 nitrogen and oxygen atoms in total. The molecule has 0 fully saturated rings. The topological polar surface area (TPSA) is 118 Å². The van der Waals surface area contributed by atoms with Crippen molar-refractivity contribution in [1.29, 1.82) is 5.26 Å². The van der Waals surface area contributed by atoms with Gasteiger partial charge in [0.15, 0.2) is 0 Å². The van der Waals surface area contributed by atoms with E-state index in [2.05, 4.69) is 21.8 Å². The third-order valence-electron chi connectivity index (χ3n) is 6.29. The summed E-state index contributed by atoms with van der Waals surface area (Å²) in [5.74, 6) is 0.632. The summed E-state index contributed by atoms with van der Waals surface area (Å²) in [6.07, 6.45) is 3.68. The van der Waals surface area contributed by atoms with E-state index in [9.17, 15) is 14.9 Å². The summed E-state index contributed by atoms with van der Waals surface area (Å²) in [6.45, 7) is 4.73. The van der Waals surface area contributed by atoms with Crippen molar-refractivity contribution in [1.82, 2.24) is 15.1 Å². The molecule has 0 aliphatic heterocycles. The molecule has 0 radical (unpaired) electrons. The molecule has 1 unspecified atom stereocenters. The average molecular weight is 522 g/mol. The number of amides is 2. The number of para-hydroxylation sites is 1. The zero-order valence-corrected chi connectivity index (χ0v) is 22.1. The molecule has 1 atom stereocenters. The molecular weight excluding hydrogens is 490 g/mol. The Morgan fingerprint density at radius 1 is 1.30 bits per heavy atom. The second-order valence-electron chi connectivity index (χ2n) is 8.95. The minimum absolute atomic E-state index is 0.153. The molecule has 1 aliphatic rings. The molecule has 10 heteroatoms. The second kappa shape index (κ2) is 11.9. The van der Waals surface area contributed by atoms with Gasteiger partial charge in [-0.1, -0.05) is 18.2 Å². The number of carbonyl (C=O) groups is 2. The maximum Gasteiger partial charge on any atom is 0.407 e. The second-order valence-corrected chi connectivity index (χ2v) is 10.1. The fourth-order valence-corrected chi connectivity index (χ4v) is 5.77. The lowest BCUT2D eigenvalue weighted by Gasteiger charge is -2.22. The van der Waals surface area contributed by atoms with Crippen molar-refractivity contribution in [3.05, 3.63) is 63.3 Å². The number of benzene rings is 1. The first-order chi connectivity index (χ1) is 17.9. The lowest BCUT2D eigenvalue weighted by atomic mass is 9.94. The van der Waals surface area contributed by atoms with Gasteiger partial charge in [-0.2, -0.15) is 10.4 Å². The highest BCUT2D eigenvalue weighted by Gasteiger charge is 2.28. The van der Waals surface area contributed by atoms with Crippen LogP contribution in [0.4, 0.5) is 9.80 Å². The summed E-state index contributed by atoms with van der Waals surface area (Å²) in [6, 6.07) is 9.95. The number of thiophene rings is 1. The Balaban J connectivity index is 1.33. The Morgan fingerprint density at radius 3 is 2.84 bits per heavy atom. The van der Waals surface area contributed by atoms with Crippen LogP contribution in [0.2, 0.25) is 0 Å². The SMILES string of the molecule is CCOc1ccccc1CCC(=O)Nc1sc2c(c1C#N)CCC(OC(=O)NCc1cn(C)nc1C)C2. The number of ether oxygens (including phenoxy) is 2. The van der Waals surface area contributed by atoms with Crippen LogP contribution in [0.15, 0.2) is 30.5 Å². The lowest BCUT2D eigenvalue weighted by molar-refractivity contribution is -0.116. The Labute approximate surface area is 220 Å². The number of nitrogens with zero attached hydrogens (tertiary/aromatic N) is 3. The maximum absolute atomic E-state index is 12.7. The van der Waals surface area contributed by atoms with Crippen molar-refractivity contribution in [2.75, 3.05) is 11.9 Å². The molecule has 2 N–H and O–H groups in total. The highest BCUT2D eigenvalue weighted by Crippen LogP contribution is 2.38. The van der Waals surface area contributed by atoms with E-state index in [0.29, 0.717) is 49.4 Å². The van der Waals surface area contributed by atoms with Crippen LogP contribution < -0.4 is 15.4 Å². The summed E-state index contributed by atoms with van der Waals surface area (Å²) in [5.41, 5.74) is 4.22. The first-order valence-electron chi connectivity index (χ1n) is 12.4. The predicted molar refractivity (Wildman–Crippen MR) is 141 cm³/mol. The monoisotopic (exact) mass is 521 g/mol. The van der Waals surface area contributed by atoms with Gasteiger partial charge in [-0.05, 0) is 50.3 Å². The van der Waals surface area contributed by atoms with Gasteiger partial charge in [0, 0.05) is 43.1 Å². The Kier molecular flexibility index (Phi) is 8.46. The molecule has 0 spiro atoms. The van der Waals surface area contributed by atoms with Crippen molar-refractivity contribution in [2.45, 2.75) is 58.6 Å². The van der Waals surface area contributed by atoms with Gasteiger partial charge < -0.3 is 20.1 Å². The van der Waals surface area contributed by atoms with Gasteiger partial charge >= 0.3 is 6.09 Å². The highest BCUT2D eigenvalue weighted by molar-refractivity contribution is 7.16. The Bertz CT molecular complexity index is 1320. The number of aryl methyl sites for hydroxylation is 3. The highest BCUT2D eigenvalue weighted by atomic mass is 32.1. The number of anilines is 1. The van der Waals surface area contributed by atoms with E-state index in [1.165, 1.54) is 11.3 Å². The van der Waals surface area contributed by atoms with Crippen LogP contribution in [-0.2, 0) is 42.4 Å². The molecule has 0 saturated carbocycles. The standard InChI is InChI=1S/C27H31N5O4S/c1-4-35-23-8-6-5-7-18(23)9-12-25(33)30-26-22(14-28)21-11-10-20(13-24(21)37-26)36-27(34)29-15-19-16-32(3)31-17(19)2/h5-8,16,20H,4,9-13,15H2,1-3H3,(H,29,34)(H,30,33). The van der Waals surface area contributed by atoms with Crippen LogP contribution in [-0.4, -0.2) is 34.5 Å². The van der Waals surface area contributed by atoms with E-state index in [0.717, 1.165) is 33.0 Å². The van der Waals surface area contributed by atoms with E-state index < -0.39 is 6.09 Å². The van der Waals surface area contributed by atoms with E-state index in [1.807, 2.05) is 51.4 Å². The number of nitrogens with one attached hydrogen (secondary N) is 2. The van der Waals surface area contributed by atoms with Gasteiger partial charge in [0.25, 0.3) is 0 Å². The maximum atomic E-state index is 12.7. The van der Waals surface area contributed by atoms with Crippen LogP contribution in [0.25, 0.3) is 0 Å². The molecule has 37 heavy (non-hydrogen) atoms. The molecule has 1 aromatic carbocycles. The molecule has 194 valence electrons. The van der Waals surface area contributed by atoms with Crippen LogP contribution in [0.5, 0.6) is 5.75 Å². The predicted octanol–water partition coefficient (Wildman–Crippen LogP) is 4.42. The van der Waals surface area contributed by atoms with Crippen molar-refractivity contribution in [3.8, 4) is 11.8 Å². The van der Waals surface area contributed by atoms with Crippen LogP contribution >= 0.6 is 11.3 Å². The third-order valence-corrected chi connectivity index (χ3v) is 7.46. The average Bonchev–Trinajstić information content (AvgIpc) is 3.39. The fourth-order valence-electron chi connectivity index (χ4n) is 4.49. The van der Waals surface area contributed by atoms with Crippen molar-refractivity contribution in [3.63, 3.8) is 0 Å². The number of hydrogen-bond donors (Lipinski definition) is 2. The van der Waals surface area contributed by atoms with E-state index in [-0.39, 0.29) is 18.4 Å². The van der Waals surface area contributed by atoms with Gasteiger partial charge in [0.1, 0.15) is 22.9 Å². The van der Waals surface area contributed by atoms with Gasteiger partial charge in [0.2, 0.25) is 5.91 Å². The normalized spacial score (nSPS) is 14.4. The smallest absolute Gasteiger partial charge is 0.407 e. The zero-order valence-electron chi connectivity index (χ0n) is 21.3. The molecule has 0 bridgehead atoms. The van der Waals surface area contributed by atoms with Crippen LogP contribution in [0, 0.1) is 18.3 Å². The fraction of sp³-hybridized carbons (Fsp3) is 0.407. The summed E-state index contributed by atoms with van der Waals surface area (Å²) in [5, 5.41) is 20.3. The number of carbonyl (C=O) groups excluding carboxylic acids is 2. The number of fused-ring (bicyclic) bond motifs is 1. The van der Waals surface area contributed by atoms with Gasteiger partial charge in [-0.25, -0.2) is 4.79 Å². The summed E-state index contributed by atoms with van der Waals surface area (Å²) in [7, 11) is 1.84. The Morgan fingerprint density at radius 2 is 2.11 bits per heavy atom. The zero-order chi connectivity index (χ0) is 26.4. The summed E-state index contributed by atoms with van der Waals surface area (Å²) >= 11 is 1.39. The molecule has 4 rings (SSSR count). The molecule has 0 saturated heterocycles. The van der Waals surface area contributed by atoms with Crippen LogP contribution in [0.3, 0.4) is 0 Å². The van der Waals surface area contributed by atoms with Crippen molar-refractivity contribution >= 4 is 28.3 Å². The molecule has 3 aromatic rings. The number of alkyl carbamates (subject to hydrolysis) is 1. The van der Waals surface area contributed by atoms with E-state index in [1.54, 1.807) is 4.68 Å². The van der Waals surface area contributed by atoms with E-state index >= 15 is 0 Å². The summed E-state index contributed by atoms with van der Waals surface area (Å²) < 4.78 is 13.0. The largest absolute Gasteiger partial charge is 0.494 e. The molecule has 1 aliphatic carbocycles. The van der Waals surface area contributed by atoms with Crippen LogP contribution in [0.1, 0.15) is 52.6 Å². The van der Waals surface area contributed by atoms with Gasteiger partial charge in [0.05, 0.1) is 17.9 Å². The Hall–Kier alpha value is -3.84. The molecular formula is C27H31N5O4S. The summed E-state index contributed by atoms with van der Waals surface area (Å²) in [4.78, 5) is 26.1.